The zero-order chi connectivity index (χ0) is 14.8. The Hall–Kier alpha value is -1.67. The summed E-state index contributed by atoms with van der Waals surface area (Å²) >= 11 is 6.06. The summed E-state index contributed by atoms with van der Waals surface area (Å²) in [7, 11) is 1.70. The summed E-state index contributed by atoms with van der Waals surface area (Å²) in [6.07, 6.45) is 2.33. The first-order valence-corrected chi connectivity index (χ1v) is 7.70. The van der Waals surface area contributed by atoms with Crippen LogP contribution < -0.4 is 10.1 Å². The number of hydrogen-bond donors (Lipinski definition) is 1. The van der Waals surface area contributed by atoms with Gasteiger partial charge in [0.2, 0.25) is 0 Å². The number of rotatable bonds is 4. The summed E-state index contributed by atoms with van der Waals surface area (Å²) < 4.78 is 5.20. The average Bonchev–Trinajstić information content (AvgIpc) is 2.46. The molecule has 0 aromatic heterocycles. The molecule has 1 fully saturated rings. The maximum absolute atomic E-state index is 6.06. The molecule has 110 valence electrons. The van der Waals surface area contributed by atoms with Crippen LogP contribution in [0.3, 0.4) is 0 Å². The van der Waals surface area contributed by atoms with Crippen molar-refractivity contribution in [3.63, 3.8) is 0 Å². The highest BCUT2D eigenvalue weighted by Crippen LogP contribution is 2.39. The number of nitrogens with one attached hydrogen (secondary N) is 1. The molecule has 0 bridgehead atoms. The minimum atomic E-state index is 0.536. The van der Waals surface area contributed by atoms with Gasteiger partial charge in [-0.3, -0.25) is 0 Å². The van der Waals surface area contributed by atoms with E-state index in [0.29, 0.717) is 12.0 Å². The van der Waals surface area contributed by atoms with Gasteiger partial charge in [0.1, 0.15) is 5.75 Å². The van der Waals surface area contributed by atoms with Crippen LogP contribution in [0.4, 0.5) is 5.69 Å². The molecular formula is C18H20ClNO. The quantitative estimate of drug-likeness (QED) is 0.856. The number of ether oxygens (including phenoxy) is 1. The second-order valence-corrected chi connectivity index (χ2v) is 6.18. The van der Waals surface area contributed by atoms with Gasteiger partial charge in [0.05, 0.1) is 7.11 Å². The number of methoxy groups -OCH3 is 1. The van der Waals surface area contributed by atoms with Crippen LogP contribution in [0.25, 0.3) is 0 Å². The molecule has 1 aliphatic carbocycles. The lowest BCUT2D eigenvalue weighted by Gasteiger charge is -2.37. The van der Waals surface area contributed by atoms with E-state index in [-0.39, 0.29) is 0 Å². The summed E-state index contributed by atoms with van der Waals surface area (Å²) in [6, 6.07) is 15.0. The molecule has 0 unspecified atom stereocenters. The number of hydrogen-bond acceptors (Lipinski definition) is 2. The lowest BCUT2D eigenvalue weighted by molar-refractivity contribution is 0.373. The predicted molar refractivity (Wildman–Crippen MR) is 88.6 cm³/mol. The van der Waals surface area contributed by atoms with Crippen LogP contribution in [0, 0.1) is 6.92 Å². The second kappa shape index (κ2) is 5.98. The minimum absolute atomic E-state index is 0.536. The Balaban J connectivity index is 1.59. The van der Waals surface area contributed by atoms with E-state index in [1.165, 1.54) is 11.1 Å². The molecule has 1 aliphatic rings. The fourth-order valence-electron chi connectivity index (χ4n) is 2.85. The fourth-order valence-corrected chi connectivity index (χ4v) is 3.03. The van der Waals surface area contributed by atoms with Gasteiger partial charge in [0, 0.05) is 16.8 Å². The molecular weight excluding hydrogens is 282 g/mol. The third kappa shape index (κ3) is 3.16. The highest BCUT2D eigenvalue weighted by molar-refractivity contribution is 6.30. The molecule has 21 heavy (non-hydrogen) atoms. The monoisotopic (exact) mass is 301 g/mol. The highest BCUT2D eigenvalue weighted by atomic mass is 35.5. The van der Waals surface area contributed by atoms with Crippen molar-refractivity contribution >= 4 is 17.3 Å². The van der Waals surface area contributed by atoms with E-state index in [2.05, 4.69) is 30.4 Å². The van der Waals surface area contributed by atoms with Gasteiger partial charge in [-0.25, -0.2) is 0 Å². The summed E-state index contributed by atoms with van der Waals surface area (Å²) in [6.45, 7) is 2.11. The van der Waals surface area contributed by atoms with Crippen molar-refractivity contribution < 1.29 is 4.74 Å². The van der Waals surface area contributed by atoms with Crippen molar-refractivity contribution in [2.75, 3.05) is 12.4 Å². The molecule has 0 amide bonds. The topological polar surface area (TPSA) is 21.3 Å². The normalized spacial score (nSPS) is 20.7. The van der Waals surface area contributed by atoms with Gasteiger partial charge < -0.3 is 10.1 Å². The van der Waals surface area contributed by atoms with Gasteiger partial charge in [-0.1, -0.05) is 29.8 Å². The predicted octanol–water partition coefficient (Wildman–Crippen LogP) is 5.02. The van der Waals surface area contributed by atoms with Gasteiger partial charge in [-0.05, 0) is 61.1 Å². The third-order valence-electron chi connectivity index (χ3n) is 4.28. The summed E-state index contributed by atoms with van der Waals surface area (Å²) in [5, 5.41) is 4.39. The molecule has 0 saturated heterocycles. The van der Waals surface area contributed by atoms with Gasteiger partial charge in [0.25, 0.3) is 0 Å². The molecule has 1 saturated carbocycles. The second-order valence-electron chi connectivity index (χ2n) is 5.74. The lowest BCUT2D eigenvalue weighted by Crippen LogP contribution is -2.34. The van der Waals surface area contributed by atoms with E-state index in [0.717, 1.165) is 29.3 Å². The van der Waals surface area contributed by atoms with Crippen LogP contribution in [0.1, 0.15) is 29.9 Å². The Labute approximate surface area is 131 Å². The molecule has 2 aromatic carbocycles. The molecule has 0 aliphatic heterocycles. The zero-order valence-corrected chi connectivity index (χ0v) is 13.2. The van der Waals surface area contributed by atoms with Crippen LogP contribution in [0.2, 0.25) is 5.02 Å². The third-order valence-corrected chi connectivity index (χ3v) is 4.52. The molecule has 0 spiro atoms. The largest absolute Gasteiger partial charge is 0.497 e. The van der Waals surface area contributed by atoms with Crippen LogP contribution in [0.5, 0.6) is 5.75 Å². The lowest BCUT2D eigenvalue weighted by atomic mass is 9.75. The molecule has 2 nitrogen and oxygen atoms in total. The standard InChI is InChI=1S/C18H20ClNO/c1-12-3-6-15(19)11-18(12)20-16-9-14(10-16)13-4-7-17(21-2)8-5-13/h3-8,11,14,16,20H,9-10H2,1-2H3. The maximum Gasteiger partial charge on any atom is 0.118 e. The zero-order valence-electron chi connectivity index (χ0n) is 12.4. The van der Waals surface area contributed by atoms with Gasteiger partial charge >= 0.3 is 0 Å². The molecule has 0 atom stereocenters. The molecule has 3 rings (SSSR count). The van der Waals surface area contributed by atoms with Gasteiger partial charge in [-0.2, -0.15) is 0 Å². The smallest absolute Gasteiger partial charge is 0.118 e. The first-order chi connectivity index (χ1) is 10.2. The number of anilines is 1. The summed E-state index contributed by atoms with van der Waals surface area (Å²) in [4.78, 5) is 0. The molecule has 3 heteroatoms. The molecule has 1 N–H and O–H groups in total. The van der Waals surface area contributed by atoms with Crippen molar-refractivity contribution in [3.8, 4) is 5.75 Å². The van der Waals surface area contributed by atoms with E-state index in [9.17, 15) is 0 Å². The van der Waals surface area contributed by atoms with E-state index in [1.54, 1.807) is 7.11 Å². The molecule has 0 heterocycles. The van der Waals surface area contributed by atoms with Crippen molar-refractivity contribution in [1.29, 1.82) is 0 Å². The van der Waals surface area contributed by atoms with Crippen molar-refractivity contribution in [3.05, 3.63) is 58.6 Å². The van der Waals surface area contributed by atoms with Crippen LogP contribution in [-0.4, -0.2) is 13.2 Å². The van der Waals surface area contributed by atoms with Gasteiger partial charge in [0.15, 0.2) is 0 Å². The van der Waals surface area contributed by atoms with Crippen molar-refractivity contribution in [2.45, 2.75) is 31.7 Å². The number of benzene rings is 2. The number of aryl methyl sites for hydroxylation is 1. The van der Waals surface area contributed by atoms with E-state index >= 15 is 0 Å². The SMILES string of the molecule is COc1ccc(C2CC(Nc3cc(Cl)ccc3C)C2)cc1. The summed E-state index contributed by atoms with van der Waals surface area (Å²) in [5.74, 6) is 1.56. The van der Waals surface area contributed by atoms with Crippen molar-refractivity contribution in [1.82, 2.24) is 0 Å². The first-order valence-electron chi connectivity index (χ1n) is 7.32. The maximum atomic E-state index is 6.06. The van der Waals surface area contributed by atoms with Crippen molar-refractivity contribution in [2.24, 2.45) is 0 Å². The Morgan fingerprint density at radius 3 is 2.48 bits per heavy atom. The van der Waals surface area contributed by atoms with Crippen LogP contribution in [-0.2, 0) is 0 Å². The Bertz CT molecular complexity index is 618. The van der Waals surface area contributed by atoms with Gasteiger partial charge in [-0.15, -0.1) is 0 Å². The van der Waals surface area contributed by atoms with Crippen LogP contribution in [0.15, 0.2) is 42.5 Å². The Morgan fingerprint density at radius 1 is 1.10 bits per heavy atom. The Morgan fingerprint density at radius 2 is 1.81 bits per heavy atom. The van der Waals surface area contributed by atoms with E-state index in [4.69, 9.17) is 16.3 Å². The van der Waals surface area contributed by atoms with Crippen LogP contribution >= 0.6 is 11.6 Å². The first kappa shape index (κ1) is 14.3. The van der Waals surface area contributed by atoms with E-state index < -0.39 is 0 Å². The molecule has 0 radical (unpaired) electrons. The van der Waals surface area contributed by atoms with E-state index in [1.807, 2.05) is 24.3 Å². The highest BCUT2D eigenvalue weighted by Gasteiger charge is 2.30. The fraction of sp³-hybridized carbons (Fsp3) is 0.333. The Kier molecular flexibility index (Phi) is 4.07. The average molecular weight is 302 g/mol. The molecule has 2 aromatic rings. The minimum Gasteiger partial charge on any atom is -0.497 e. The number of halogens is 1. The summed E-state index contributed by atoms with van der Waals surface area (Å²) in [5.41, 5.74) is 3.80.